The maximum Gasteiger partial charge on any atom is 0.193 e. The van der Waals surface area contributed by atoms with Crippen LogP contribution in [0.25, 0.3) is 0 Å². The number of hydrogen-bond acceptors (Lipinski definition) is 2. The third-order valence-corrected chi connectivity index (χ3v) is 5.41. The molecule has 0 bridgehead atoms. The topological polar surface area (TPSA) is 36.9 Å². The summed E-state index contributed by atoms with van der Waals surface area (Å²) in [4.78, 5) is 6.72. The molecule has 1 aromatic rings. The van der Waals surface area contributed by atoms with Gasteiger partial charge in [0.05, 0.1) is 6.61 Å². The van der Waals surface area contributed by atoms with E-state index in [0.717, 1.165) is 38.7 Å². The number of benzene rings is 1. The monoisotopic (exact) mass is 315 g/mol. The Balaban J connectivity index is 1.58. The fourth-order valence-electron chi connectivity index (χ4n) is 3.80. The van der Waals surface area contributed by atoms with Gasteiger partial charge in [-0.3, -0.25) is 4.99 Å². The standard InChI is InChI=1S/C19H29N3O/c1-20-18(22(2)13-16-9-12-23-14-16)21-15-19(10-6-11-19)17-7-4-3-5-8-17/h3-5,7-8,16H,6,9-15H2,1-2H3,(H,20,21). The first-order valence-corrected chi connectivity index (χ1v) is 8.78. The lowest BCUT2D eigenvalue weighted by molar-refractivity contribution is 0.181. The Bertz CT molecular complexity index is 519. The summed E-state index contributed by atoms with van der Waals surface area (Å²) in [5.41, 5.74) is 1.75. The SMILES string of the molecule is CN=C(NCC1(c2ccccc2)CCC1)N(C)CC1CCOC1. The highest BCUT2D eigenvalue weighted by molar-refractivity contribution is 5.79. The van der Waals surface area contributed by atoms with Crippen molar-refractivity contribution in [1.29, 1.82) is 0 Å². The third kappa shape index (κ3) is 3.69. The molecule has 3 rings (SSSR count). The van der Waals surface area contributed by atoms with Gasteiger partial charge in [0, 0.05) is 45.1 Å². The van der Waals surface area contributed by atoms with Crippen molar-refractivity contribution in [3.63, 3.8) is 0 Å². The van der Waals surface area contributed by atoms with E-state index in [1.54, 1.807) is 0 Å². The summed E-state index contributed by atoms with van der Waals surface area (Å²) in [6, 6.07) is 10.9. The molecule has 0 spiro atoms. The second-order valence-corrected chi connectivity index (χ2v) is 7.01. The predicted molar refractivity (Wildman–Crippen MR) is 94.9 cm³/mol. The summed E-state index contributed by atoms with van der Waals surface area (Å²) in [7, 11) is 4.00. The summed E-state index contributed by atoms with van der Waals surface area (Å²) in [6.45, 7) is 3.77. The summed E-state index contributed by atoms with van der Waals surface area (Å²) in [5, 5.41) is 3.62. The highest BCUT2D eigenvalue weighted by Gasteiger charge is 2.38. The average Bonchev–Trinajstić information content (AvgIpc) is 3.04. The van der Waals surface area contributed by atoms with Crippen LogP contribution in [0.1, 0.15) is 31.2 Å². The lowest BCUT2D eigenvalue weighted by atomic mass is 9.64. The lowest BCUT2D eigenvalue weighted by Gasteiger charge is -2.43. The molecule has 1 N–H and O–H groups in total. The molecular formula is C19H29N3O. The second-order valence-electron chi connectivity index (χ2n) is 7.01. The molecule has 2 aliphatic rings. The Labute approximate surface area is 139 Å². The minimum Gasteiger partial charge on any atom is -0.381 e. The molecular weight excluding hydrogens is 286 g/mol. The fraction of sp³-hybridized carbons (Fsp3) is 0.632. The Hall–Kier alpha value is -1.55. The van der Waals surface area contributed by atoms with E-state index < -0.39 is 0 Å². The number of rotatable bonds is 5. The van der Waals surface area contributed by atoms with Crippen molar-refractivity contribution in [3.05, 3.63) is 35.9 Å². The molecule has 2 fully saturated rings. The maximum absolute atomic E-state index is 5.48. The van der Waals surface area contributed by atoms with Gasteiger partial charge >= 0.3 is 0 Å². The molecule has 4 heteroatoms. The number of ether oxygens (including phenoxy) is 1. The largest absolute Gasteiger partial charge is 0.381 e. The zero-order valence-electron chi connectivity index (χ0n) is 14.4. The van der Waals surface area contributed by atoms with Crippen LogP contribution in [0.2, 0.25) is 0 Å². The van der Waals surface area contributed by atoms with Crippen LogP contribution >= 0.6 is 0 Å². The Morgan fingerprint density at radius 3 is 2.70 bits per heavy atom. The molecule has 0 amide bonds. The second kappa shape index (κ2) is 7.35. The van der Waals surface area contributed by atoms with Gasteiger partial charge in [0.2, 0.25) is 0 Å². The van der Waals surface area contributed by atoms with E-state index in [1.165, 1.54) is 24.8 Å². The van der Waals surface area contributed by atoms with Crippen molar-refractivity contribution in [2.45, 2.75) is 31.1 Å². The van der Waals surface area contributed by atoms with Crippen LogP contribution in [-0.2, 0) is 10.2 Å². The minimum atomic E-state index is 0.286. The molecule has 1 heterocycles. The lowest BCUT2D eigenvalue weighted by Crippen LogP contribution is -2.50. The Kier molecular flexibility index (Phi) is 5.21. The molecule has 1 atom stereocenters. The van der Waals surface area contributed by atoms with E-state index in [0.29, 0.717) is 5.92 Å². The molecule has 1 aliphatic heterocycles. The minimum absolute atomic E-state index is 0.286. The summed E-state index contributed by atoms with van der Waals surface area (Å²) in [6.07, 6.45) is 5.02. The number of guanidine groups is 1. The van der Waals surface area contributed by atoms with E-state index >= 15 is 0 Å². The Morgan fingerprint density at radius 2 is 2.13 bits per heavy atom. The first kappa shape index (κ1) is 16.3. The van der Waals surface area contributed by atoms with Gasteiger partial charge < -0.3 is 15.0 Å². The van der Waals surface area contributed by atoms with Crippen molar-refractivity contribution in [2.75, 3.05) is 40.4 Å². The summed E-state index contributed by atoms with van der Waals surface area (Å²) in [5.74, 6) is 1.63. The smallest absolute Gasteiger partial charge is 0.193 e. The zero-order chi connectivity index (χ0) is 16.1. The molecule has 23 heavy (non-hydrogen) atoms. The highest BCUT2D eigenvalue weighted by atomic mass is 16.5. The molecule has 4 nitrogen and oxygen atoms in total. The van der Waals surface area contributed by atoms with Crippen LogP contribution in [0.5, 0.6) is 0 Å². The van der Waals surface area contributed by atoms with Crippen molar-refractivity contribution in [1.82, 2.24) is 10.2 Å². The van der Waals surface area contributed by atoms with Gasteiger partial charge in [0.1, 0.15) is 0 Å². The predicted octanol–water partition coefficient (Wildman–Crippen LogP) is 2.65. The Morgan fingerprint density at radius 1 is 1.35 bits per heavy atom. The molecule has 1 unspecified atom stereocenters. The molecule has 0 aromatic heterocycles. The molecule has 1 saturated heterocycles. The molecule has 1 aromatic carbocycles. The van der Waals surface area contributed by atoms with Gasteiger partial charge in [-0.25, -0.2) is 0 Å². The quantitative estimate of drug-likeness (QED) is 0.670. The molecule has 1 saturated carbocycles. The van der Waals surface area contributed by atoms with Crippen LogP contribution in [-0.4, -0.2) is 51.3 Å². The van der Waals surface area contributed by atoms with Crippen LogP contribution in [0.15, 0.2) is 35.3 Å². The van der Waals surface area contributed by atoms with Gasteiger partial charge in [-0.2, -0.15) is 0 Å². The highest BCUT2D eigenvalue weighted by Crippen LogP contribution is 2.43. The fourth-order valence-corrected chi connectivity index (χ4v) is 3.80. The number of aliphatic imine (C=N–C) groups is 1. The van der Waals surface area contributed by atoms with Crippen LogP contribution in [0.4, 0.5) is 0 Å². The molecule has 0 radical (unpaired) electrons. The van der Waals surface area contributed by atoms with E-state index in [9.17, 15) is 0 Å². The zero-order valence-corrected chi connectivity index (χ0v) is 14.4. The summed E-state index contributed by atoms with van der Waals surface area (Å²) < 4.78 is 5.48. The van der Waals surface area contributed by atoms with Crippen LogP contribution in [0.3, 0.4) is 0 Å². The van der Waals surface area contributed by atoms with Crippen molar-refractivity contribution >= 4 is 5.96 Å². The van der Waals surface area contributed by atoms with Gasteiger partial charge in [-0.05, 0) is 24.8 Å². The average molecular weight is 315 g/mol. The third-order valence-electron chi connectivity index (χ3n) is 5.41. The van der Waals surface area contributed by atoms with Crippen molar-refractivity contribution in [2.24, 2.45) is 10.9 Å². The van der Waals surface area contributed by atoms with Crippen molar-refractivity contribution in [3.8, 4) is 0 Å². The van der Waals surface area contributed by atoms with E-state index in [2.05, 4.69) is 52.6 Å². The first-order chi connectivity index (χ1) is 11.2. The van der Waals surface area contributed by atoms with Gasteiger partial charge in [-0.15, -0.1) is 0 Å². The van der Waals surface area contributed by atoms with E-state index in [4.69, 9.17) is 4.74 Å². The van der Waals surface area contributed by atoms with Gasteiger partial charge in [-0.1, -0.05) is 36.8 Å². The van der Waals surface area contributed by atoms with E-state index in [-0.39, 0.29) is 5.41 Å². The van der Waals surface area contributed by atoms with Gasteiger partial charge in [0.25, 0.3) is 0 Å². The number of hydrogen-bond donors (Lipinski definition) is 1. The van der Waals surface area contributed by atoms with Gasteiger partial charge in [0.15, 0.2) is 5.96 Å². The number of nitrogens with zero attached hydrogens (tertiary/aromatic N) is 2. The molecule has 126 valence electrons. The number of nitrogens with one attached hydrogen (secondary N) is 1. The molecule has 1 aliphatic carbocycles. The van der Waals surface area contributed by atoms with Crippen molar-refractivity contribution < 1.29 is 4.74 Å². The van der Waals surface area contributed by atoms with E-state index in [1.807, 2.05) is 7.05 Å². The van der Waals surface area contributed by atoms with Crippen LogP contribution in [0, 0.1) is 5.92 Å². The first-order valence-electron chi connectivity index (χ1n) is 8.78. The maximum atomic E-state index is 5.48. The van der Waals surface area contributed by atoms with Crippen LogP contribution < -0.4 is 5.32 Å². The summed E-state index contributed by atoms with van der Waals surface area (Å²) >= 11 is 0. The normalized spacial score (nSPS) is 23.4.